The van der Waals surface area contributed by atoms with Gasteiger partial charge in [-0.3, -0.25) is 0 Å². The van der Waals surface area contributed by atoms with Gasteiger partial charge in [-0.15, -0.1) is 15.3 Å². The highest BCUT2D eigenvalue weighted by Gasteiger charge is 2.15. The summed E-state index contributed by atoms with van der Waals surface area (Å²) >= 11 is 6.18. The lowest BCUT2D eigenvalue weighted by Crippen LogP contribution is -2.05. The molecule has 0 fully saturated rings. The van der Waals surface area contributed by atoms with Crippen LogP contribution in [0.15, 0.2) is 36.5 Å². The Labute approximate surface area is 159 Å². The van der Waals surface area contributed by atoms with Gasteiger partial charge in [-0.25, -0.2) is 9.97 Å². The number of methoxy groups -OCH3 is 1. The first-order chi connectivity index (χ1) is 13.2. The predicted octanol–water partition coefficient (Wildman–Crippen LogP) is 2.83. The average molecular weight is 383 g/mol. The normalized spacial score (nSPS) is 11.1. The Hall–Kier alpha value is -3.17. The van der Waals surface area contributed by atoms with E-state index in [-0.39, 0.29) is 0 Å². The molecule has 0 unspecified atom stereocenters. The van der Waals surface area contributed by atoms with Crippen LogP contribution in [0.1, 0.15) is 11.5 Å². The number of hydrogen-bond donors (Lipinski definition) is 1. The van der Waals surface area contributed by atoms with Gasteiger partial charge in [0.15, 0.2) is 5.82 Å². The van der Waals surface area contributed by atoms with Gasteiger partial charge in [0.25, 0.3) is 5.78 Å². The largest absolute Gasteiger partial charge is 0.377 e. The molecule has 9 nitrogen and oxygen atoms in total. The molecule has 0 spiro atoms. The SMILES string of the molecule is COCc1nc2nnc(-c3ccnc(Nc4ccccc4Cl)n3)c(C)n2n1. The molecule has 4 aromatic rings. The number of nitrogens with zero attached hydrogens (tertiary/aromatic N) is 7. The van der Waals surface area contributed by atoms with Gasteiger partial charge < -0.3 is 10.1 Å². The van der Waals surface area contributed by atoms with Crippen molar-refractivity contribution in [1.82, 2.24) is 34.8 Å². The fourth-order valence-electron chi connectivity index (χ4n) is 2.56. The van der Waals surface area contributed by atoms with Gasteiger partial charge in [0.05, 0.1) is 22.1 Å². The zero-order valence-electron chi connectivity index (χ0n) is 14.6. The zero-order chi connectivity index (χ0) is 18.8. The fourth-order valence-corrected chi connectivity index (χ4v) is 2.75. The smallest absolute Gasteiger partial charge is 0.272 e. The van der Waals surface area contributed by atoms with Crippen LogP contribution >= 0.6 is 11.6 Å². The Morgan fingerprint density at radius 2 is 2.00 bits per heavy atom. The molecular weight excluding hydrogens is 368 g/mol. The van der Waals surface area contributed by atoms with Crippen LogP contribution in [0.25, 0.3) is 17.2 Å². The Kier molecular flexibility index (Phi) is 4.61. The quantitative estimate of drug-likeness (QED) is 0.562. The third-order valence-electron chi connectivity index (χ3n) is 3.83. The minimum Gasteiger partial charge on any atom is -0.377 e. The summed E-state index contributed by atoms with van der Waals surface area (Å²) in [5, 5.41) is 16.5. The van der Waals surface area contributed by atoms with E-state index in [2.05, 4.69) is 35.6 Å². The van der Waals surface area contributed by atoms with Crippen LogP contribution in [-0.4, -0.2) is 41.9 Å². The highest BCUT2D eigenvalue weighted by Crippen LogP contribution is 2.24. The summed E-state index contributed by atoms with van der Waals surface area (Å²) in [6.07, 6.45) is 1.64. The van der Waals surface area contributed by atoms with E-state index in [1.165, 1.54) is 0 Å². The molecule has 0 aliphatic rings. The van der Waals surface area contributed by atoms with E-state index >= 15 is 0 Å². The highest BCUT2D eigenvalue weighted by molar-refractivity contribution is 6.33. The standard InChI is InChI=1S/C17H15ClN8O/c1-10-15(23-24-17-22-14(9-27-2)25-26(10)17)13-7-8-19-16(21-13)20-12-6-4-3-5-11(12)18/h3-8H,9H2,1-2H3,(H,19,20,21). The molecule has 0 aliphatic carbocycles. The van der Waals surface area contributed by atoms with E-state index in [1.807, 2.05) is 25.1 Å². The molecule has 1 aromatic carbocycles. The molecule has 10 heteroatoms. The summed E-state index contributed by atoms with van der Waals surface area (Å²) in [5.41, 5.74) is 2.67. The summed E-state index contributed by atoms with van der Waals surface area (Å²) in [7, 11) is 1.59. The summed E-state index contributed by atoms with van der Waals surface area (Å²) in [6, 6.07) is 9.13. The van der Waals surface area contributed by atoms with Gasteiger partial charge >= 0.3 is 0 Å². The first-order valence-corrected chi connectivity index (χ1v) is 8.46. The number of aromatic nitrogens is 7. The van der Waals surface area contributed by atoms with Crippen molar-refractivity contribution < 1.29 is 4.74 Å². The summed E-state index contributed by atoms with van der Waals surface area (Å²) in [6.45, 7) is 2.18. The minimum atomic E-state index is 0.303. The molecular formula is C17H15ClN8O. The number of hydrogen-bond acceptors (Lipinski definition) is 8. The van der Waals surface area contributed by atoms with Crippen molar-refractivity contribution in [2.24, 2.45) is 0 Å². The number of nitrogens with one attached hydrogen (secondary N) is 1. The van der Waals surface area contributed by atoms with Crippen LogP contribution in [0.4, 0.5) is 11.6 Å². The van der Waals surface area contributed by atoms with Gasteiger partial charge in [-0.2, -0.15) is 9.50 Å². The Balaban J connectivity index is 1.71. The zero-order valence-corrected chi connectivity index (χ0v) is 15.3. The first-order valence-electron chi connectivity index (χ1n) is 8.08. The van der Waals surface area contributed by atoms with Gasteiger partial charge in [-0.05, 0) is 25.1 Å². The first kappa shape index (κ1) is 17.3. The second-order valence-electron chi connectivity index (χ2n) is 5.68. The third kappa shape index (κ3) is 3.42. The molecule has 0 bridgehead atoms. The Bertz CT molecular complexity index is 1110. The van der Waals surface area contributed by atoms with Crippen LogP contribution in [-0.2, 0) is 11.3 Å². The van der Waals surface area contributed by atoms with Gasteiger partial charge in [0.1, 0.15) is 12.3 Å². The van der Waals surface area contributed by atoms with E-state index in [1.54, 1.807) is 30.0 Å². The number of halogens is 1. The van der Waals surface area contributed by atoms with E-state index in [4.69, 9.17) is 16.3 Å². The molecule has 3 heterocycles. The van der Waals surface area contributed by atoms with Crippen molar-refractivity contribution in [1.29, 1.82) is 0 Å². The maximum atomic E-state index is 6.18. The monoisotopic (exact) mass is 382 g/mol. The molecule has 0 saturated carbocycles. The van der Waals surface area contributed by atoms with E-state index in [9.17, 15) is 0 Å². The van der Waals surface area contributed by atoms with Crippen LogP contribution in [0.5, 0.6) is 0 Å². The van der Waals surface area contributed by atoms with Gasteiger partial charge in [0.2, 0.25) is 5.95 Å². The molecule has 27 heavy (non-hydrogen) atoms. The number of aryl methyl sites for hydroxylation is 1. The lowest BCUT2D eigenvalue weighted by atomic mass is 10.2. The Morgan fingerprint density at radius 1 is 1.15 bits per heavy atom. The maximum Gasteiger partial charge on any atom is 0.272 e. The summed E-state index contributed by atoms with van der Waals surface area (Å²) in [4.78, 5) is 13.0. The fraction of sp³-hybridized carbons (Fsp3) is 0.176. The molecule has 4 rings (SSSR count). The molecule has 1 N–H and O–H groups in total. The number of anilines is 2. The molecule has 0 aliphatic heterocycles. The number of rotatable bonds is 5. The highest BCUT2D eigenvalue weighted by atomic mass is 35.5. The van der Waals surface area contributed by atoms with Crippen molar-refractivity contribution in [3.05, 3.63) is 53.1 Å². The van der Waals surface area contributed by atoms with Gasteiger partial charge in [0, 0.05) is 13.3 Å². The number of para-hydroxylation sites is 1. The summed E-state index contributed by atoms with van der Waals surface area (Å²) in [5.74, 6) is 1.35. The van der Waals surface area contributed by atoms with E-state index in [0.717, 1.165) is 11.4 Å². The minimum absolute atomic E-state index is 0.303. The molecule has 0 amide bonds. The van der Waals surface area contributed by atoms with E-state index < -0.39 is 0 Å². The third-order valence-corrected chi connectivity index (χ3v) is 4.16. The molecule has 0 atom stereocenters. The van der Waals surface area contributed by atoms with Gasteiger partial charge in [-0.1, -0.05) is 23.7 Å². The predicted molar refractivity (Wildman–Crippen MR) is 99.8 cm³/mol. The lowest BCUT2D eigenvalue weighted by Gasteiger charge is -2.08. The second kappa shape index (κ2) is 7.22. The average Bonchev–Trinajstić information content (AvgIpc) is 3.08. The van der Waals surface area contributed by atoms with Crippen LogP contribution in [0, 0.1) is 6.92 Å². The van der Waals surface area contributed by atoms with Crippen molar-refractivity contribution >= 4 is 29.0 Å². The van der Waals surface area contributed by atoms with E-state index in [0.29, 0.717) is 40.6 Å². The van der Waals surface area contributed by atoms with Crippen LogP contribution in [0.3, 0.4) is 0 Å². The molecule has 0 radical (unpaired) electrons. The van der Waals surface area contributed by atoms with Crippen LogP contribution in [0.2, 0.25) is 5.02 Å². The van der Waals surface area contributed by atoms with Crippen LogP contribution < -0.4 is 5.32 Å². The van der Waals surface area contributed by atoms with Crippen molar-refractivity contribution in [2.75, 3.05) is 12.4 Å². The second-order valence-corrected chi connectivity index (χ2v) is 6.08. The maximum absolute atomic E-state index is 6.18. The lowest BCUT2D eigenvalue weighted by molar-refractivity contribution is 0.178. The van der Waals surface area contributed by atoms with Crippen molar-refractivity contribution in [3.8, 4) is 11.4 Å². The van der Waals surface area contributed by atoms with Crippen molar-refractivity contribution in [3.63, 3.8) is 0 Å². The number of ether oxygens (including phenoxy) is 1. The molecule has 136 valence electrons. The Morgan fingerprint density at radius 3 is 2.81 bits per heavy atom. The molecule has 3 aromatic heterocycles. The molecule has 0 saturated heterocycles. The summed E-state index contributed by atoms with van der Waals surface area (Å²) < 4.78 is 6.69. The van der Waals surface area contributed by atoms with Crippen molar-refractivity contribution in [2.45, 2.75) is 13.5 Å². The number of benzene rings is 1. The topological polar surface area (TPSA) is 103 Å². The number of fused-ring (bicyclic) bond motifs is 1.